The van der Waals surface area contributed by atoms with E-state index in [0.717, 1.165) is 5.69 Å². The normalized spacial score (nSPS) is 14.1. The van der Waals surface area contributed by atoms with E-state index in [0.29, 0.717) is 5.92 Å². The van der Waals surface area contributed by atoms with E-state index >= 15 is 0 Å². The smallest absolute Gasteiger partial charge is 0.264 e. The van der Waals surface area contributed by atoms with Crippen LogP contribution in [0.3, 0.4) is 0 Å². The number of nitrogens with zero attached hydrogens (tertiary/aromatic N) is 2. The molecule has 10 aromatic rings. The maximum Gasteiger partial charge on any atom is 0.264 e. The largest absolute Gasteiger partial charge is 0.311 e. The summed E-state index contributed by atoms with van der Waals surface area (Å²) in [6.07, 6.45) is 0. The standard InChI is InChI=1S/C63H45BN2S/c1-39(2)42-31-35-46(41-17-6-4-7-18-41)50(37-42)43-32-36-54-57(38-43)65(44-19-8-5-9-20-44)55-27-16-28-56-59(55)64(54)62-60(66(56)45-33-29-40(3)30-34-45)58-49-23-12-15-26-53(49)63(61(58)67-62)51-24-13-10-21-47(51)48-22-11-14-25-52(48)63/h4-39H,1-3H3. The van der Waals surface area contributed by atoms with Crippen molar-refractivity contribution in [2.75, 3.05) is 9.80 Å². The Bertz CT molecular complexity index is 3600. The average Bonchev–Trinajstić information content (AvgIpc) is 4.01. The molecule has 0 amide bonds. The first kappa shape index (κ1) is 38.6. The predicted molar refractivity (Wildman–Crippen MR) is 284 cm³/mol. The number of aryl methyl sites for hydroxylation is 1. The Kier molecular flexibility index (Phi) is 8.31. The fourth-order valence-electron chi connectivity index (χ4n) is 12.2. The average molecular weight is 873 g/mol. The summed E-state index contributed by atoms with van der Waals surface area (Å²) >= 11 is 2.05. The van der Waals surface area contributed by atoms with Crippen LogP contribution in [0.5, 0.6) is 0 Å². The number of rotatable bonds is 5. The lowest BCUT2D eigenvalue weighted by atomic mass is 9.36. The number of thiophene rings is 1. The van der Waals surface area contributed by atoms with E-state index < -0.39 is 5.41 Å². The monoisotopic (exact) mass is 872 g/mol. The van der Waals surface area contributed by atoms with E-state index in [1.54, 1.807) is 0 Å². The summed E-state index contributed by atoms with van der Waals surface area (Å²) in [5.74, 6) is 0.400. The first-order valence-electron chi connectivity index (χ1n) is 23.7. The Hall–Kier alpha value is -7.66. The van der Waals surface area contributed by atoms with Crippen molar-refractivity contribution in [3.8, 4) is 44.5 Å². The number of hydrogen-bond donors (Lipinski definition) is 0. The van der Waals surface area contributed by atoms with Crippen LogP contribution >= 0.6 is 11.3 Å². The van der Waals surface area contributed by atoms with Crippen molar-refractivity contribution in [1.82, 2.24) is 0 Å². The Labute approximate surface area is 397 Å². The Morgan fingerprint density at radius 2 is 1.06 bits per heavy atom. The quantitative estimate of drug-likeness (QED) is 0.159. The van der Waals surface area contributed by atoms with Crippen molar-refractivity contribution in [2.45, 2.75) is 32.1 Å². The molecule has 4 aliphatic rings. The number of fused-ring (bicyclic) bond motifs is 15. The second-order valence-electron chi connectivity index (χ2n) is 19.0. The molecule has 2 aliphatic carbocycles. The maximum atomic E-state index is 2.62. The SMILES string of the molecule is Cc1ccc(N2c3cccc4c3B(c3ccc(-c5cc(C(C)C)ccc5-c5ccccc5)cc3N4c3ccccc3)c3sc4c(c32)-c2ccccc2C42c3ccccc3-c3ccccc32)cc1. The van der Waals surface area contributed by atoms with E-state index in [1.165, 1.54) is 121 Å². The molecule has 1 spiro atoms. The van der Waals surface area contributed by atoms with Crippen molar-refractivity contribution < 1.29 is 0 Å². The zero-order chi connectivity index (χ0) is 44.5. The molecule has 0 atom stereocenters. The van der Waals surface area contributed by atoms with Gasteiger partial charge in [-0.15, -0.1) is 11.3 Å². The van der Waals surface area contributed by atoms with Gasteiger partial charge in [0.25, 0.3) is 6.71 Å². The van der Waals surface area contributed by atoms with Crippen LogP contribution in [-0.2, 0) is 5.41 Å². The summed E-state index contributed by atoms with van der Waals surface area (Å²) in [5.41, 5.74) is 26.6. The molecule has 0 saturated heterocycles. The third kappa shape index (κ3) is 5.28. The first-order valence-corrected chi connectivity index (χ1v) is 24.5. The molecule has 2 aliphatic heterocycles. The van der Waals surface area contributed by atoms with Gasteiger partial charge in [0, 0.05) is 43.7 Å². The molecule has 67 heavy (non-hydrogen) atoms. The Balaban J connectivity index is 1.09. The van der Waals surface area contributed by atoms with Crippen LogP contribution in [0.15, 0.2) is 212 Å². The van der Waals surface area contributed by atoms with Crippen LogP contribution in [0.4, 0.5) is 34.1 Å². The lowest BCUT2D eigenvalue weighted by Crippen LogP contribution is -2.60. The van der Waals surface area contributed by atoms with Gasteiger partial charge in [-0.3, -0.25) is 0 Å². The molecule has 9 aromatic carbocycles. The molecule has 0 N–H and O–H groups in total. The topological polar surface area (TPSA) is 6.48 Å². The lowest BCUT2D eigenvalue weighted by molar-refractivity contribution is 0.811. The molecule has 0 unspecified atom stereocenters. The van der Waals surface area contributed by atoms with Crippen LogP contribution in [-0.4, -0.2) is 6.71 Å². The fraction of sp³-hybridized carbons (Fsp3) is 0.0794. The van der Waals surface area contributed by atoms with Crippen LogP contribution in [0.25, 0.3) is 44.5 Å². The minimum absolute atomic E-state index is 0.00537. The van der Waals surface area contributed by atoms with Crippen molar-refractivity contribution in [3.63, 3.8) is 0 Å². The van der Waals surface area contributed by atoms with Crippen molar-refractivity contribution in [3.05, 3.63) is 245 Å². The zero-order valence-electron chi connectivity index (χ0n) is 37.7. The lowest BCUT2D eigenvalue weighted by Gasteiger charge is -2.43. The highest BCUT2D eigenvalue weighted by Crippen LogP contribution is 2.67. The number of anilines is 6. The highest BCUT2D eigenvalue weighted by atomic mass is 32.1. The third-order valence-corrected chi connectivity index (χ3v) is 16.5. The van der Waals surface area contributed by atoms with Crippen molar-refractivity contribution in [1.29, 1.82) is 0 Å². The number of hydrogen-bond acceptors (Lipinski definition) is 3. The van der Waals surface area contributed by atoms with Gasteiger partial charge in [-0.25, -0.2) is 0 Å². The number of para-hydroxylation sites is 1. The minimum atomic E-state index is -0.443. The molecule has 0 bridgehead atoms. The van der Waals surface area contributed by atoms with E-state index in [9.17, 15) is 0 Å². The van der Waals surface area contributed by atoms with Gasteiger partial charge in [0.15, 0.2) is 0 Å². The molecule has 1 aromatic heterocycles. The fourth-order valence-corrected chi connectivity index (χ4v) is 13.9. The highest BCUT2D eigenvalue weighted by molar-refractivity contribution is 7.30. The molecule has 4 heteroatoms. The number of benzene rings is 9. The molecule has 3 heterocycles. The Morgan fingerprint density at radius 1 is 0.463 bits per heavy atom. The van der Waals surface area contributed by atoms with Gasteiger partial charge < -0.3 is 9.80 Å². The third-order valence-electron chi connectivity index (χ3n) is 15.1. The van der Waals surface area contributed by atoms with E-state index in [2.05, 4.69) is 254 Å². The molecule has 0 radical (unpaired) electrons. The van der Waals surface area contributed by atoms with Crippen LogP contribution in [0.1, 0.15) is 52.5 Å². The summed E-state index contributed by atoms with van der Waals surface area (Å²) in [6, 6.07) is 80.3. The van der Waals surface area contributed by atoms with Gasteiger partial charge in [-0.05, 0) is 127 Å². The van der Waals surface area contributed by atoms with E-state index in [-0.39, 0.29) is 6.71 Å². The first-order chi connectivity index (χ1) is 33.0. The van der Waals surface area contributed by atoms with Crippen LogP contribution in [0, 0.1) is 6.92 Å². The summed E-state index contributed by atoms with van der Waals surface area (Å²) in [7, 11) is 0. The Morgan fingerprint density at radius 3 is 1.75 bits per heavy atom. The van der Waals surface area contributed by atoms with Gasteiger partial charge in [0.05, 0.1) is 11.1 Å². The summed E-state index contributed by atoms with van der Waals surface area (Å²) < 4.78 is 1.40. The second kappa shape index (κ2) is 14.4. The molecule has 0 fully saturated rings. The van der Waals surface area contributed by atoms with E-state index in [1.807, 2.05) is 0 Å². The maximum absolute atomic E-state index is 2.62. The van der Waals surface area contributed by atoms with Gasteiger partial charge >= 0.3 is 0 Å². The zero-order valence-corrected chi connectivity index (χ0v) is 38.5. The molecule has 0 saturated carbocycles. The molecule has 2 nitrogen and oxygen atoms in total. The van der Waals surface area contributed by atoms with Gasteiger partial charge in [-0.1, -0.05) is 189 Å². The minimum Gasteiger partial charge on any atom is -0.311 e. The molecular weight excluding hydrogens is 828 g/mol. The predicted octanol–water partition coefficient (Wildman–Crippen LogP) is 14.9. The summed E-state index contributed by atoms with van der Waals surface area (Å²) in [4.78, 5) is 6.58. The van der Waals surface area contributed by atoms with Crippen LogP contribution in [0.2, 0.25) is 0 Å². The molecule has 316 valence electrons. The van der Waals surface area contributed by atoms with Crippen molar-refractivity contribution in [2.24, 2.45) is 0 Å². The summed E-state index contributed by atoms with van der Waals surface area (Å²) in [6.45, 7) is 6.77. The van der Waals surface area contributed by atoms with Crippen molar-refractivity contribution >= 4 is 67.9 Å². The van der Waals surface area contributed by atoms with Gasteiger partial charge in [0.2, 0.25) is 0 Å². The van der Waals surface area contributed by atoms with Crippen LogP contribution < -0.4 is 25.5 Å². The molecule has 14 rings (SSSR count). The van der Waals surface area contributed by atoms with E-state index in [4.69, 9.17) is 0 Å². The highest BCUT2D eigenvalue weighted by Gasteiger charge is 2.56. The molecular formula is C63H45BN2S. The van der Waals surface area contributed by atoms with Gasteiger partial charge in [-0.2, -0.15) is 0 Å². The van der Waals surface area contributed by atoms with Gasteiger partial charge in [0.1, 0.15) is 0 Å². The second-order valence-corrected chi connectivity index (χ2v) is 20.0. The summed E-state index contributed by atoms with van der Waals surface area (Å²) in [5, 5.41) is 0.